The molecule has 4 heteroatoms. The van der Waals surface area contributed by atoms with Crippen molar-refractivity contribution in [2.45, 2.75) is 32.2 Å². The fraction of sp³-hybridized carbons (Fsp3) is 0.375. The summed E-state index contributed by atoms with van der Waals surface area (Å²) in [6.07, 6.45) is 0. The molecule has 0 amide bonds. The molecular weight excluding hydrogens is 276 g/mol. The van der Waals surface area contributed by atoms with Crippen LogP contribution in [-0.4, -0.2) is 6.54 Å². The van der Waals surface area contributed by atoms with Crippen LogP contribution in [-0.2, 0) is 5.41 Å². The molecule has 0 saturated heterocycles. The second-order valence-corrected chi connectivity index (χ2v) is 6.58. The van der Waals surface area contributed by atoms with Gasteiger partial charge in [-0.15, -0.1) is 11.3 Å². The maximum atomic E-state index is 13.7. The number of hydrogen-bond acceptors (Lipinski definition) is 2. The van der Waals surface area contributed by atoms with Gasteiger partial charge in [-0.05, 0) is 36.6 Å². The number of nitrogens with one attached hydrogen (secondary N) is 1. The summed E-state index contributed by atoms with van der Waals surface area (Å²) in [6.45, 7) is 6.83. The SMILES string of the molecule is CC(NCC(C)(C)c1cccs1)c1cc(F)ccc1F. The van der Waals surface area contributed by atoms with E-state index in [0.29, 0.717) is 12.1 Å². The molecule has 0 saturated carbocycles. The van der Waals surface area contributed by atoms with Gasteiger partial charge in [0.15, 0.2) is 0 Å². The second kappa shape index (κ2) is 6.02. The van der Waals surface area contributed by atoms with Crippen LogP contribution in [0.4, 0.5) is 8.78 Å². The normalized spacial score (nSPS) is 13.4. The highest BCUT2D eigenvalue weighted by Crippen LogP contribution is 2.28. The molecule has 1 unspecified atom stereocenters. The highest BCUT2D eigenvalue weighted by atomic mass is 32.1. The van der Waals surface area contributed by atoms with E-state index in [1.165, 1.54) is 17.0 Å². The molecule has 1 heterocycles. The minimum absolute atomic E-state index is 0.0355. The van der Waals surface area contributed by atoms with Crippen LogP contribution in [0, 0.1) is 11.6 Å². The number of rotatable bonds is 5. The van der Waals surface area contributed by atoms with Crippen LogP contribution in [0.3, 0.4) is 0 Å². The first-order chi connectivity index (χ1) is 9.40. The van der Waals surface area contributed by atoms with E-state index in [9.17, 15) is 8.78 Å². The average molecular weight is 295 g/mol. The van der Waals surface area contributed by atoms with Crippen molar-refractivity contribution in [3.05, 3.63) is 57.8 Å². The Morgan fingerprint density at radius 1 is 1.25 bits per heavy atom. The standard InChI is InChI=1S/C16H19F2NS/c1-11(13-9-12(17)6-7-14(13)18)19-10-16(2,3)15-5-4-8-20-15/h4-9,11,19H,10H2,1-3H3. The monoisotopic (exact) mass is 295 g/mol. The maximum Gasteiger partial charge on any atom is 0.128 e. The van der Waals surface area contributed by atoms with Crippen LogP contribution < -0.4 is 5.32 Å². The fourth-order valence-corrected chi connectivity index (χ4v) is 2.97. The maximum absolute atomic E-state index is 13.7. The average Bonchev–Trinajstić information content (AvgIpc) is 2.93. The first kappa shape index (κ1) is 15.1. The lowest BCUT2D eigenvalue weighted by atomic mass is 9.91. The third kappa shape index (κ3) is 3.44. The lowest BCUT2D eigenvalue weighted by molar-refractivity contribution is 0.431. The van der Waals surface area contributed by atoms with Gasteiger partial charge in [0.25, 0.3) is 0 Å². The van der Waals surface area contributed by atoms with Crippen LogP contribution >= 0.6 is 11.3 Å². The van der Waals surface area contributed by atoms with Crippen LogP contribution in [0.5, 0.6) is 0 Å². The predicted octanol–water partition coefficient (Wildman–Crippen LogP) is 4.65. The molecule has 1 aromatic carbocycles. The summed E-state index contributed by atoms with van der Waals surface area (Å²) in [7, 11) is 0. The van der Waals surface area contributed by atoms with Crippen LogP contribution in [0.1, 0.15) is 37.3 Å². The van der Waals surface area contributed by atoms with Gasteiger partial charge in [0.05, 0.1) is 0 Å². The van der Waals surface area contributed by atoms with E-state index in [4.69, 9.17) is 0 Å². The number of thiophene rings is 1. The second-order valence-electron chi connectivity index (χ2n) is 5.63. The first-order valence-corrected chi connectivity index (χ1v) is 7.50. The van der Waals surface area contributed by atoms with Gasteiger partial charge in [-0.1, -0.05) is 19.9 Å². The van der Waals surface area contributed by atoms with E-state index >= 15 is 0 Å². The van der Waals surface area contributed by atoms with Gasteiger partial charge >= 0.3 is 0 Å². The Hall–Kier alpha value is -1.26. The summed E-state index contributed by atoms with van der Waals surface area (Å²) in [5, 5.41) is 5.34. The summed E-state index contributed by atoms with van der Waals surface area (Å²) >= 11 is 1.71. The molecule has 0 spiro atoms. The zero-order valence-electron chi connectivity index (χ0n) is 11.9. The van der Waals surface area contributed by atoms with E-state index in [1.807, 2.05) is 18.4 Å². The summed E-state index contributed by atoms with van der Waals surface area (Å²) in [4.78, 5) is 1.27. The minimum atomic E-state index is -0.410. The zero-order valence-corrected chi connectivity index (χ0v) is 12.7. The summed E-state index contributed by atoms with van der Waals surface area (Å²) in [6, 6.07) is 7.46. The van der Waals surface area contributed by atoms with E-state index in [0.717, 1.165) is 6.07 Å². The largest absolute Gasteiger partial charge is 0.309 e. The third-order valence-corrected chi connectivity index (χ3v) is 4.70. The van der Waals surface area contributed by atoms with Gasteiger partial charge in [0.1, 0.15) is 11.6 Å². The molecule has 0 aliphatic rings. The molecule has 0 aliphatic heterocycles. The number of hydrogen-bond donors (Lipinski definition) is 1. The van der Waals surface area contributed by atoms with Crippen molar-refractivity contribution in [2.75, 3.05) is 6.54 Å². The van der Waals surface area contributed by atoms with Crippen molar-refractivity contribution in [3.63, 3.8) is 0 Å². The van der Waals surface area contributed by atoms with Gasteiger partial charge in [0.2, 0.25) is 0 Å². The van der Waals surface area contributed by atoms with Crippen molar-refractivity contribution >= 4 is 11.3 Å². The van der Waals surface area contributed by atoms with E-state index in [-0.39, 0.29) is 17.3 Å². The molecule has 1 atom stereocenters. The molecule has 1 N–H and O–H groups in total. The number of halogens is 2. The van der Waals surface area contributed by atoms with Crippen molar-refractivity contribution in [1.29, 1.82) is 0 Å². The highest BCUT2D eigenvalue weighted by molar-refractivity contribution is 7.10. The molecule has 108 valence electrons. The molecule has 2 aromatic rings. The Bertz CT molecular complexity index is 564. The Balaban J connectivity index is 2.05. The van der Waals surface area contributed by atoms with Crippen molar-refractivity contribution < 1.29 is 8.78 Å². The molecule has 1 aromatic heterocycles. The third-order valence-electron chi connectivity index (χ3n) is 3.46. The summed E-state index contributed by atoms with van der Waals surface area (Å²) in [5.74, 6) is -0.784. The minimum Gasteiger partial charge on any atom is -0.309 e. The Labute approximate surface area is 122 Å². The van der Waals surface area contributed by atoms with Crippen LogP contribution in [0.25, 0.3) is 0 Å². The number of benzene rings is 1. The quantitative estimate of drug-likeness (QED) is 0.846. The molecule has 0 radical (unpaired) electrons. The van der Waals surface area contributed by atoms with Gasteiger partial charge in [0, 0.05) is 28.4 Å². The first-order valence-electron chi connectivity index (χ1n) is 6.62. The zero-order chi connectivity index (χ0) is 14.8. The van der Waals surface area contributed by atoms with Crippen molar-refractivity contribution in [3.8, 4) is 0 Å². The van der Waals surface area contributed by atoms with E-state index < -0.39 is 5.82 Å². The molecule has 2 rings (SSSR count). The van der Waals surface area contributed by atoms with Crippen LogP contribution in [0.2, 0.25) is 0 Å². The topological polar surface area (TPSA) is 12.0 Å². The Kier molecular flexibility index (Phi) is 4.55. The molecule has 1 nitrogen and oxygen atoms in total. The lowest BCUT2D eigenvalue weighted by Gasteiger charge is -2.26. The Morgan fingerprint density at radius 3 is 2.65 bits per heavy atom. The highest BCUT2D eigenvalue weighted by Gasteiger charge is 2.23. The smallest absolute Gasteiger partial charge is 0.128 e. The van der Waals surface area contributed by atoms with Crippen LogP contribution in [0.15, 0.2) is 35.7 Å². The fourth-order valence-electron chi connectivity index (χ4n) is 2.12. The van der Waals surface area contributed by atoms with Gasteiger partial charge in [-0.25, -0.2) is 8.78 Å². The predicted molar refractivity (Wildman–Crippen MR) is 80.1 cm³/mol. The van der Waals surface area contributed by atoms with Gasteiger partial charge in [-0.2, -0.15) is 0 Å². The molecule has 0 aliphatic carbocycles. The van der Waals surface area contributed by atoms with Gasteiger partial charge in [-0.3, -0.25) is 0 Å². The van der Waals surface area contributed by atoms with Crippen molar-refractivity contribution in [2.24, 2.45) is 0 Å². The lowest BCUT2D eigenvalue weighted by Crippen LogP contribution is -2.34. The molecule has 0 bridgehead atoms. The summed E-state index contributed by atoms with van der Waals surface area (Å²) in [5.41, 5.74) is 0.332. The molecular formula is C16H19F2NS. The summed E-state index contributed by atoms with van der Waals surface area (Å²) < 4.78 is 26.9. The Morgan fingerprint density at radius 2 is 2.00 bits per heavy atom. The van der Waals surface area contributed by atoms with Crippen molar-refractivity contribution in [1.82, 2.24) is 5.32 Å². The van der Waals surface area contributed by atoms with Gasteiger partial charge < -0.3 is 5.32 Å². The molecule has 0 fully saturated rings. The van der Waals surface area contributed by atoms with E-state index in [1.54, 1.807) is 11.3 Å². The van der Waals surface area contributed by atoms with E-state index in [2.05, 4.69) is 25.2 Å². The molecule has 20 heavy (non-hydrogen) atoms.